The van der Waals surface area contributed by atoms with E-state index in [2.05, 4.69) is 20.2 Å². The molecule has 0 saturated carbocycles. The van der Waals surface area contributed by atoms with Gasteiger partial charge in [0.05, 0.1) is 11.9 Å². The smallest absolute Gasteiger partial charge is 0.227 e. The topological polar surface area (TPSA) is 71.0 Å². The van der Waals surface area contributed by atoms with E-state index in [4.69, 9.17) is 4.98 Å². The molecule has 130 valence electrons. The van der Waals surface area contributed by atoms with Gasteiger partial charge in [0, 0.05) is 37.1 Å². The molecule has 1 saturated heterocycles. The second-order valence-electron chi connectivity index (χ2n) is 6.86. The van der Waals surface area contributed by atoms with Crippen molar-refractivity contribution in [2.45, 2.75) is 38.5 Å². The molecule has 6 nitrogen and oxygen atoms in total. The maximum Gasteiger partial charge on any atom is 0.227 e. The third kappa shape index (κ3) is 3.62. The SMILES string of the molecule is O=C(Nc1cccnc1)C1CCc2nc(N3CCCCC3)ncc2C1. The molecule has 1 amide bonds. The minimum absolute atomic E-state index is 0.0304. The standard InChI is InChI=1S/C19H23N5O/c25-18(22-16-5-4-8-20-13-16)14-6-7-17-15(11-14)12-21-19(23-17)24-9-2-1-3-10-24/h4-5,8,12-14H,1-3,6-7,9-11H2,(H,22,25). The van der Waals surface area contributed by atoms with Gasteiger partial charge < -0.3 is 10.2 Å². The van der Waals surface area contributed by atoms with Crippen LogP contribution < -0.4 is 10.2 Å². The molecule has 1 atom stereocenters. The summed E-state index contributed by atoms with van der Waals surface area (Å²) >= 11 is 0. The molecular weight excluding hydrogens is 314 g/mol. The molecular formula is C19H23N5O. The largest absolute Gasteiger partial charge is 0.341 e. The first-order valence-corrected chi connectivity index (χ1v) is 9.10. The van der Waals surface area contributed by atoms with Crippen LogP contribution in [0.1, 0.15) is 36.9 Å². The average molecular weight is 337 g/mol. The number of pyridine rings is 1. The molecule has 4 rings (SSSR count). The van der Waals surface area contributed by atoms with Crippen molar-refractivity contribution in [2.75, 3.05) is 23.3 Å². The van der Waals surface area contributed by atoms with E-state index in [1.807, 2.05) is 18.3 Å². The van der Waals surface area contributed by atoms with E-state index in [0.29, 0.717) is 6.42 Å². The van der Waals surface area contributed by atoms with Crippen LogP contribution in [0.3, 0.4) is 0 Å². The fourth-order valence-corrected chi connectivity index (χ4v) is 3.65. The number of anilines is 2. The van der Waals surface area contributed by atoms with Gasteiger partial charge in [-0.2, -0.15) is 0 Å². The molecule has 0 radical (unpaired) electrons. The van der Waals surface area contributed by atoms with Crippen molar-refractivity contribution in [1.82, 2.24) is 15.0 Å². The molecule has 1 unspecified atom stereocenters. The number of piperidine rings is 1. The number of aryl methyl sites for hydroxylation is 1. The van der Waals surface area contributed by atoms with Crippen molar-refractivity contribution in [3.63, 3.8) is 0 Å². The first-order chi connectivity index (χ1) is 12.3. The highest BCUT2D eigenvalue weighted by Crippen LogP contribution is 2.27. The van der Waals surface area contributed by atoms with Crippen molar-refractivity contribution >= 4 is 17.5 Å². The predicted octanol–water partition coefficient (Wildman–Crippen LogP) is 2.61. The highest BCUT2D eigenvalue weighted by molar-refractivity contribution is 5.92. The first kappa shape index (κ1) is 16.0. The van der Waals surface area contributed by atoms with E-state index < -0.39 is 0 Å². The summed E-state index contributed by atoms with van der Waals surface area (Å²) < 4.78 is 0. The van der Waals surface area contributed by atoms with Gasteiger partial charge in [0.15, 0.2) is 0 Å². The summed E-state index contributed by atoms with van der Waals surface area (Å²) in [4.78, 5) is 28.2. The second kappa shape index (κ2) is 7.17. The highest BCUT2D eigenvalue weighted by atomic mass is 16.1. The molecule has 2 aromatic rings. The van der Waals surface area contributed by atoms with Crippen molar-refractivity contribution < 1.29 is 4.79 Å². The number of carbonyl (C=O) groups excluding carboxylic acids is 1. The van der Waals surface area contributed by atoms with Gasteiger partial charge in [-0.15, -0.1) is 0 Å². The summed E-state index contributed by atoms with van der Waals surface area (Å²) in [6.45, 7) is 2.10. The van der Waals surface area contributed by atoms with E-state index in [0.717, 1.165) is 48.8 Å². The molecule has 2 aliphatic rings. The van der Waals surface area contributed by atoms with Crippen molar-refractivity contribution in [3.05, 3.63) is 42.0 Å². The van der Waals surface area contributed by atoms with E-state index in [1.165, 1.54) is 19.3 Å². The molecule has 6 heteroatoms. The number of aromatic nitrogens is 3. The summed E-state index contributed by atoms with van der Waals surface area (Å²) in [5, 5.41) is 2.96. The minimum Gasteiger partial charge on any atom is -0.341 e. The number of fused-ring (bicyclic) bond motifs is 1. The van der Waals surface area contributed by atoms with Gasteiger partial charge in [-0.3, -0.25) is 9.78 Å². The second-order valence-corrected chi connectivity index (χ2v) is 6.86. The van der Waals surface area contributed by atoms with Crippen LogP contribution in [0.4, 0.5) is 11.6 Å². The van der Waals surface area contributed by atoms with Gasteiger partial charge >= 0.3 is 0 Å². The zero-order valence-corrected chi connectivity index (χ0v) is 14.3. The third-order valence-electron chi connectivity index (χ3n) is 5.08. The van der Waals surface area contributed by atoms with Crippen LogP contribution in [-0.2, 0) is 17.6 Å². The van der Waals surface area contributed by atoms with Crippen molar-refractivity contribution in [3.8, 4) is 0 Å². The van der Waals surface area contributed by atoms with Crippen LogP contribution in [0, 0.1) is 5.92 Å². The maximum atomic E-state index is 12.5. The number of amides is 1. The predicted molar refractivity (Wildman–Crippen MR) is 96.5 cm³/mol. The number of nitrogens with zero attached hydrogens (tertiary/aromatic N) is 4. The minimum atomic E-state index is -0.0304. The molecule has 1 fully saturated rings. The van der Waals surface area contributed by atoms with Gasteiger partial charge in [0.2, 0.25) is 11.9 Å². The van der Waals surface area contributed by atoms with Gasteiger partial charge in [-0.05, 0) is 56.2 Å². The fraction of sp³-hybridized carbons (Fsp3) is 0.474. The summed E-state index contributed by atoms with van der Waals surface area (Å²) in [5.41, 5.74) is 2.97. The number of hydrogen-bond donors (Lipinski definition) is 1. The molecule has 2 aromatic heterocycles. The molecule has 1 aliphatic heterocycles. The van der Waals surface area contributed by atoms with Gasteiger partial charge in [-0.25, -0.2) is 9.97 Å². The van der Waals surface area contributed by atoms with E-state index >= 15 is 0 Å². The fourth-order valence-electron chi connectivity index (χ4n) is 3.65. The van der Waals surface area contributed by atoms with E-state index in [9.17, 15) is 4.79 Å². The lowest BCUT2D eigenvalue weighted by Gasteiger charge is -2.28. The van der Waals surface area contributed by atoms with Gasteiger partial charge in [0.1, 0.15) is 0 Å². The number of carbonyl (C=O) groups is 1. The quantitative estimate of drug-likeness (QED) is 0.932. The van der Waals surface area contributed by atoms with Crippen LogP contribution in [0.2, 0.25) is 0 Å². The van der Waals surface area contributed by atoms with Crippen LogP contribution in [-0.4, -0.2) is 33.9 Å². The summed E-state index contributed by atoms with van der Waals surface area (Å²) in [6.07, 6.45) is 11.4. The normalized spacial score (nSPS) is 20.0. The Labute approximate surface area is 147 Å². The van der Waals surface area contributed by atoms with Crippen LogP contribution in [0.5, 0.6) is 0 Å². The Morgan fingerprint density at radius 1 is 1.20 bits per heavy atom. The zero-order valence-electron chi connectivity index (χ0n) is 14.3. The average Bonchev–Trinajstić information content (AvgIpc) is 2.68. The zero-order chi connectivity index (χ0) is 17.1. The van der Waals surface area contributed by atoms with Crippen molar-refractivity contribution in [1.29, 1.82) is 0 Å². The molecule has 1 aliphatic carbocycles. The Balaban J connectivity index is 1.43. The molecule has 0 bridgehead atoms. The van der Waals surface area contributed by atoms with Crippen LogP contribution in [0.25, 0.3) is 0 Å². The molecule has 1 N–H and O–H groups in total. The monoisotopic (exact) mass is 337 g/mol. The molecule has 0 aromatic carbocycles. The molecule has 3 heterocycles. The van der Waals surface area contributed by atoms with Gasteiger partial charge in [-0.1, -0.05) is 0 Å². The lowest BCUT2D eigenvalue weighted by molar-refractivity contribution is -0.120. The lowest BCUT2D eigenvalue weighted by Crippen LogP contribution is -2.32. The van der Waals surface area contributed by atoms with Crippen LogP contribution >= 0.6 is 0 Å². The van der Waals surface area contributed by atoms with Gasteiger partial charge in [0.25, 0.3) is 0 Å². The summed E-state index contributed by atoms with van der Waals surface area (Å²) in [7, 11) is 0. The lowest BCUT2D eigenvalue weighted by atomic mass is 9.86. The highest BCUT2D eigenvalue weighted by Gasteiger charge is 2.27. The summed E-state index contributed by atoms with van der Waals surface area (Å²) in [6, 6.07) is 3.68. The Hall–Kier alpha value is -2.50. The maximum absolute atomic E-state index is 12.5. The molecule has 25 heavy (non-hydrogen) atoms. The Bertz CT molecular complexity index is 743. The number of rotatable bonds is 3. The van der Waals surface area contributed by atoms with Crippen LogP contribution in [0.15, 0.2) is 30.7 Å². The van der Waals surface area contributed by atoms with E-state index in [1.54, 1.807) is 12.4 Å². The Kier molecular flexibility index (Phi) is 4.59. The Morgan fingerprint density at radius 3 is 2.88 bits per heavy atom. The van der Waals surface area contributed by atoms with Crippen molar-refractivity contribution in [2.24, 2.45) is 5.92 Å². The van der Waals surface area contributed by atoms with E-state index in [-0.39, 0.29) is 11.8 Å². The number of nitrogens with one attached hydrogen (secondary N) is 1. The Morgan fingerprint density at radius 2 is 2.08 bits per heavy atom. The molecule has 0 spiro atoms. The summed E-state index contributed by atoms with van der Waals surface area (Å²) in [5.74, 6) is 0.882. The first-order valence-electron chi connectivity index (χ1n) is 9.10. The number of hydrogen-bond acceptors (Lipinski definition) is 5. The third-order valence-corrected chi connectivity index (χ3v) is 5.08.